The van der Waals surface area contributed by atoms with E-state index in [-0.39, 0.29) is 5.56 Å². The molecule has 0 aliphatic heterocycles. The lowest BCUT2D eigenvalue weighted by Gasteiger charge is -1.93. The first-order chi connectivity index (χ1) is 4.72. The number of rotatable bonds is 1. The van der Waals surface area contributed by atoms with Crippen LogP contribution in [0.1, 0.15) is 10.4 Å². The maximum absolute atomic E-state index is 10.4. The molecule has 3 nitrogen and oxygen atoms in total. The molecule has 1 aromatic rings. The molecule has 0 spiro atoms. The maximum atomic E-state index is 10.4. The lowest BCUT2D eigenvalue weighted by molar-refractivity contribution is 0.0695. The largest absolute Gasteiger partial charge is 0.478 e. The number of carbonyl (C=O) groups is 1. The Morgan fingerprint density at radius 1 is 1.70 bits per heavy atom. The van der Waals surface area contributed by atoms with E-state index >= 15 is 0 Å². The summed E-state index contributed by atoms with van der Waals surface area (Å²) in [7, 11) is 0. The highest BCUT2D eigenvalue weighted by atomic mass is 127. The molecule has 1 aromatic heterocycles. The van der Waals surface area contributed by atoms with Crippen LogP contribution >= 0.6 is 22.6 Å². The van der Waals surface area contributed by atoms with Crippen LogP contribution < -0.4 is 0 Å². The second kappa shape index (κ2) is 2.96. The van der Waals surface area contributed by atoms with E-state index in [1.807, 2.05) is 22.6 Å². The van der Waals surface area contributed by atoms with Gasteiger partial charge in [-0.3, -0.25) is 4.98 Å². The van der Waals surface area contributed by atoms with Gasteiger partial charge in [-0.05, 0) is 28.7 Å². The third-order valence-electron chi connectivity index (χ3n) is 0.998. The van der Waals surface area contributed by atoms with Crippen molar-refractivity contribution in [3.63, 3.8) is 0 Å². The number of carboxylic acids is 1. The van der Waals surface area contributed by atoms with Crippen molar-refractivity contribution in [3.8, 4) is 0 Å². The third-order valence-corrected chi connectivity index (χ3v) is 1.94. The van der Waals surface area contributed by atoms with Crippen LogP contribution in [0.4, 0.5) is 0 Å². The molecule has 0 aromatic carbocycles. The molecule has 0 amide bonds. The number of hydrogen-bond acceptors (Lipinski definition) is 2. The molecule has 0 radical (unpaired) electrons. The first-order valence-corrected chi connectivity index (χ1v) is 3.62. The van der Waals surface area contributed by atoms with Crippen molar-refractivity contribution in [2.75, 3.05) is 0 Å². The van der Waals surface area contributed by atoms with Gasteiger partial charge < -0.3 is 5.11 Å². The first kappa shape index (κ1) is 7.46. The fourth-order valence-electron chi connectivity index (χ4n) is 0.535. The number of aromatic carboxylic acids is 1. The molecule has 0 atom stereocenters. The predicted octanol–water partition coefficient (Wildman–Crippen LogP) is 1.38. The van der Waals surface area contributed by atoms with Crippen LogP contribution in [0.3, 0.4) is 0 Å². The molecule has 4 heteroatoms. The molecule has 1 N–H and O–H groups in total. The Morgan fingerprint density at radius 2 is 2.40 bits per heavy atom. The van der Waals surface area contributed by atoms with Crippen molar-refractivity contribution in [2.45, 2.75) is 0 Å². The Hall–Kier alpha value is -0.650. The molecular formula is C6H4INO2. The van der Waals surface area contributed by atoms with E-state index in [1.54, 1.807) is 12.3 Å². The molecular weight excluding hydrogens is 245 g/mol. The Kier molecular flexibility index (Phi) is 2.21. The van der Waals surface area contributed by atoms with E-state index in [0.29, 0.717) is 3.57 Å². The summed E-state index contributed by atoms with van der Waals surface area (Å²) in [6, 6.07) is 1.66. The highest BCUT2D eigenvalue weighted by Crippen LogP contribution is 2.08. The quantitative estimate of drug-likeness (QED) is 0.765. The molecule has 0 unspecified atom stereocenters. The van der Waals surface area contributed by atoms with Gasteiger partial charge in [0.25, 0.3) is 0 Å². The summed E-state index contributed by atoms with van der Waals surface area (Å²) in [4.78, 5) is 14.1. The minimum Gasteiger partial charge on any atom is -0.478 e. The van der Waals surface area contributed by atoms with E-state index in [2.05, 4.69) is 4.98 Å². The molecule has 0 fully saturated rings. The summed E-state index contributed by atoms with van der Waals surface area (Å²) in [6.45, 7) is 0. The molecule has 0 saturated carbocycles. The lowest BCUT2D eigenvalue weighted by atomic mass is 10.3. The second-order valence-corrected chi connectivity index (χ2v) is 2.82. The van der Waals surface area contributed by atoms with E-state index in [9.17, 15) is 4.79 Å². The van der Waals surface area contributed by atoms with Crippen LogP contribution in [0.15, 0.2) is 18.5 Å². The van der Waals surface area contributed by atoms with Crippen LogP contribution in [0.2, 0.25) is 0 Å². The SMILES string of the molecule is O=C(O)c1cnccc1I. The van der Waals surface area contributed by atoms with Crippen LogP contribution in [0.5, 0.6) is 0 Å². The lowest BCUT2D eigenvalue weighted by Crippen LogP contribution is -1.99. The highest BCUT2D eigenvalue weighted by molar-refractivity contribution is 14.1. The zero-order chi connectivity index (χ0) is 7.56. The molecule has 0 aliphatic carbocycles. The number of nitrogens with zero attached hydrogens (tertiary/aromatic N) is 1. The van der Waals surface area contributed by atoms with Gasteiger partial charge in [0.1, 0.15) is 0 Å². The number of carboxylic acid groups (broad SMARTS) is 1. The van der Waals surface area contributed by atoms with Crippen molar-refractivity contribution in [3.05, 3.63) is 27.6 Å². The van der Waals surface area contributed by atoms with E-state index in [0.717, 1.165) is 0 Å². The van der Waals surface area contributed by atoms with Gasteiger partial charge in [-0.1, -0.05) is 0 Å². The minimum atomic E-state index is -0.933. The van der Waals surface area contributed by atoms with E-state index < -0.39 is 5.97 Å². The van der Waals surface area contributed by atoms with Gasteiger partial charge in [0, 0.05) is 16.0 Å². The van der Waals surface area contributed by atoms with Crippen LogP contribution in [-0.2, 0) is 0 Å². The average molecular weight is 249 g/mol. The zero-order valence-corrected chi connectivity index (χ0v) is 7.07. The van der Waals surface area contributed by atoms with Gasteiger partial charge in [-0.25, -0.2) is 4.79 Å². The fourth-order valence-corrected chi connectivity index (χ4v) is 1.07. The Balaban J connectivity index is 3.15. The van der Waals surface area contributed by atoms with Crippen molar-refractivity contribution in [1.82, 2.24) is 4.98 Å². The Labute approximate surface area is 71.2 Å². The Bertz CT molecular complexity index is 262. The van der Waals surface area contributed by atoms with Gasteiger partial charge in [-0.15, -0.1) is 0 Å². The summed E-state index contributed by atoms with van der Waals surface area (Å²) in [6.07, 6.45) is 2.90. The van der Waals surface area contributed by atoms with E-state index in [4.69, 9.17) is 5.11 Å². The average Bonchev–Trinajstić information content (AvgIpc) is 1.88. The standard InChI is InChI=1S/C6H4INO2/c7-5-1-2-8-3-4(5)6(9)10/h1-3H,(H,9,10). The number of pyridine rings is 1. The predicted molar refractivity (Wildman–Crippen MR) is 43.9 cm³/mol. The fraction of sp³-hybridized carbons (Fsp3) is 0. The minimum absolute atomic E-state index is 0.253. The normalized spacial score (nSPS) is 9.30. The van der Waals surface area contributed by atoms with Gasteiger partial charge in [0.05, 0.1) is 5.56 Å². The van der Waals surface area contributed by atoms with Gasteiger partial charge in [0.2, 0.25) is 0 Å². The Morgan fingerprint density at radius 3 is 2.80 bits per heavy atom. The second-order valence-electron chi connectivity index (χ2n) is 1.66. The summed E-state index contributed by atoms with van der Waals surface area (Å²) in [5.74, 6) is -0.933. The van der Waals surface area contributed by atoms with E-state index in [1.165, 1.54) is 6.20 Å². The number of aromatic nitrogens is 1. The van der Waals surface area contributed by atoms with Crippen molar-refractivity contribution < 1.29 is 9.90 Å². The third kappa shape index (κ3) is 1.44. The summed E-state index contributed by atoms with van der Waals surface area (Å²) in [5, 5.41) is 8.52. The van der Waals surface area contributed by atoms with Crippen LogP contribution in [0, 0.1) is 3.57 Å². The van der Waals surface area contributed by atoms with Crippen LogP contribution in [-0.4, -0.2) is 16.1 Å². The molecule has 1 heterocycles. The van der Waals surface area contributed by atoms with Gasteiger partial charge >= 0.3 is 5.97 Å². The van der Waals surface area contributed by atoms with Crippen molar-refractivity contribution in [2.24, 2.45) is 0 Å². The topological polar surface area (TPSA) is 50.2 Å². The molecule has 0 saturated heterocycles. The number of halogens is 1. The van der Waals surface area contributed by atoms with Gasteiger partial charge in [0.15, 0.2) is 0 Å². The van der Waals surface area contributed by atoms with Crippen LogP contribution in [0.25, 0.3) is 0 Å². The zero-order valence-electron chi connectivity index (χ0n) is 4.91. The molecule has 10 heavy (non-hydrogen) atoms. The first-order valence-electron chi connectivity index (χ1n) is 2.54. The molecule has 52 valence electrons. The van der Waals surface area contributed by atoms with Crippen molar-refractivity contribution in [1.29, 1.82) is 0 Å². The monoisotopic (exact) mass is 249 g/mol. The summed E-state index contributed by atoms with van der Waals surface area (Å²) in [5.41, 5.74) is 0.253. The molecule has 0 bridgehead atoms. The summed E-state index contributed by atoms with van der Waals surface area (Å²) < 4.78 is 0.708. The van der Waals surface area contributed by atoms with Crippen molar-refractivity contribution >= 4 is 28.6 Å². The molecule has 1 rings (SSSR count). The molecule has 0 aliphatic rings. The van der Waals surface area contributed by atoms with Gasteiger partial charge in [-0.2, -0.15) is 0 Å². The number of hydrogen-bond donors (Lipinski definition) is 1. The highest BCUT2D eigenvalue weighted by Gasteiger charge is 2.05. The summed E-state index contributed by atoms with van der Waals surface area (Å²) >= 11 is 1.95. The maximum Gasteiger partial charge on any atom is 0.338 e. The smallest absolute Gasteiger partial charge is 0.338 e.